The summed E-state index contributed by atoms with van der Waals surface area (Å²) in [5.74, 6) is -5.31. The van der Waals surface area contributed by atoms with Gasteiger partial charge in [0.2, 0.25) is 17.7 Å². The third-order valence-electron chi connectivity index (χ3n) is 13.4. The number of aliphatic carboxylic acids is 2. The summed E-state index contributed by atoms with van der Waals surface area (Å²) in [6, 6.07) is 12.6. The molecule has 5 heterocycles. The van der Waals surface area contributed by atoms with E-state index >= 15 is 0 Å². The molecular formula is C57H76FN21O17. The fourth-order valence-corrected chi connectivity index (χ4v) is 8.45. The number of methoxy groups -OCH3 is 2. The van der Waals surface area contributed by atoms with Crippen molar-refractivity contribution < 1.29 is 78.1 Å². The van der Waals surface area contributed by atoms with Crippen LogP contribution >= 0.6 is 0 Å². The Labute approximate surface area is 546 Å². The van der Waals surface area contributed by atoms with Gasteiger partial charge in [-0.25, -0.2) is 19.2 Å². The number of carbonyl (C=O) groups excluding carboxylic acids is 6. The quantitative estimate of drug-likeness (QED) is 0.00888. The molecular weight excluding hydrogens is 1270 g/mol. The van der Waals surface area contributed by atoms with Crippen LogP contribution in [0.4, 0.5) is 16.0 Å². The molecule has 1 saturated heterocycles. The lowest BCUT2D eigenvalue weighted by Crippen LogP contribution is -2.41. The first kappa shape index (κ1) is 75.4. The van der Waals surface area contributed by atoms with Crippen LogP contribution in [-0.4, -0.2) is 175 Å². The van der Waals surface area contributed by atoms with Crippen molar-refractivity contribution in [3.63, 3.8) is 0 Å². The van der Waals surface area contributed by atoms with Gasteiger partial charge in [0.25, 0.3) is 11.8 Å². The number of H-pyrrole nitrogens is 2. The molecule has 0 radical (unpaired) electrons. The average Bonchev–Trinajstić information content (AvgIpc) is 1.65. The number of fused-ring (bicyclic) bond motifs is 2. The van der Waals surface area contributed by atoms with Crippen molar-refractivity contribution in [2.75, 3.05) is 72.4 Å². The molecule has 1 aliphatic heterocycles. The van der Waals surface area contributed by atoms with E-state index in [9.17, 15) is 57.4 Å². The first-order valence-electron chi connectivity index (χ1n) is 30.2. The number of carboxylic acid groups (broad SMARTS) is 2. The standard InChI is InChI=1S/C26H34N10O7.C24H27N7O8.C6H12N4O2.CH3F/c1-42-12-13-43-25-33-22(27)21-23(34-25)36(26(41)32-21)15-17-7-5-16(6-8-17)14-29-19(37)9-10-20(38)31-18(24(39)40)4-2-3-11-30-35-28;1-37-10-11-38-23-28-21(25)20-22(29-23)30(24(36)27-20)13-15-4-2-14(3-5-15)12-26-16(32)6-9-19(35)39-31-17(33)7-8-18(31)34;7-5(6(11)12)3-1-2-4-9-10-8;1-2/h5-8,18H,2-4,9-15H2,1H3,(H,29,37)(H,31,38)(H,32,41)(H,39,40)(H2,27,33,34);2-5H,6-13H2,1H3,(H,26,32)(H,27,36)(H2,25,28,29);5H,1-4,7H2,(H,11,12);1H3/i;;;1D. The number of nitrogens with zero attached hydrogens (tertiary/aromatic N) is 13. The van der Waals surface area contributed by atoms with Gasteiger partial charge >= 0.3 is 41.3 Å². The number of alkyl halides is 1. The minimum atomic E-state index is -1.17. The number of carbonyl (C=O) groups is 8. The number of nitrogens with one attached hydrogen (secondary N) is 5. The van der Waals surface area contributed by atoms with E-state index in [0.717, 1.165) is 22.3 Å². The maximum atomic E-state index is 12.6. The average molecular weight is 1350 g/mol. The Hall–Kier alpha value is -11.3. The Morgan fingerprint density at radius 1 is 0.646 bits per heavy atom. The molecule has 0 aliphatic carbocycles. The number of benzene rings is 2. The Morgan fingerprint density at radius 3 is 1.48 bits per heavy atom. The number of aromatic amines is 2. The Kier molecular flexibility index (Phi) is 32.5. The summed E-state index contributed by atoms with van der Waals surface area (Å²) in [7, 11) is 2.07. The molecule has 4 aromatic heterocycles. The van der Waals surface area contributed by atoms with E-state index in [1.807, 2.05) is 0 Å². The second kappa shape index (κ2) is 41.3. The SMILES string of the molecule is COCCOc1nc(N)c2[nH]c(=O)n(Cc3ccc(CNC(=O)CCC(=O)NC(CCCCN=[N+]=[N-])C(=O)O)cc3)c2n1.COCCOc1nc(N)c2[nH]c(=O)n(Cc3ccc(CNC(=O)CCC(=O)ON4C(=O)CCC4=O)cc3)c2n1.[2H]CF.[N-]=[N+]=NCCCCC(N)C(=O)O. The number of carboxylic acids is 2. The highest BCUT2D eigenvalue weighted by atomic mass is 19.1. The Bertz CT molecular complexity index is 3820. The molecule has 1 fully saturated rings. The molecule has 6 aromatic rings. The molecule has 2 unspecified atom stereocenters. The van der Waals surface area contributed by atoms with Crippen LogP contribution in [0.25, 0.3) is 43.2 Å². The van der Waals surface area contributed by atoms with Crippen LogP contribution in [-0.2, 0) is 78.8 Å². The highest BCUT2D eigenvalue weighted by Gasteiger charge is 2.33. The van der Waals surface area contributed by atoms with Gasteiger partial charge in [-0.1, -0.05) is 71.6 Å². The number of imide groups is 1. The molecule has 1 aliphatic rings. The van der Waals surface area contributed by atoms with Gasteiger partial charge < -0.3 is 77.1 Å². The number of anilines is 2. The summed E-state index contributed by atoms with van der Waals surface area (Å²) in [6.45, 7) is 2.57. The third-order valence-corrected chi connectivity index (χ3v) is 13.4. The molecule has 13 N–H and O–H groups in total. The third kappa shape index (κ3) is 26.0. The second-order valence-electron chi connectivity index (χ2n) is 20.4. The van der Waals surface area contributed by atoms with Gasteiger partial charge in [0.1, 0.15) is 36.3 Å². The van der Waals surface area contributed by atoms with E-state index in [0.29, 0.717) is 79.3 Å². The maximum absolute atomic E-state index is 12.6. The number of rotatable bonds is 36. The maximum Gasteiger partial charge on any atom is 0.333 e. The molecule has 0 saturated carbocycles. The van der Waals surface area contributed by atoms with E-state index in [-0.39, 0.29) is 120 Å². The zero-order valence-electron chi connectivity index (χ0n) is 53.5. The van der Waals surface area contributed by atoms with Gasteiger partial charge in [0, 0.05) is 82.3 Å². The molecule has 5 amide bonds. The fourth-order valence-electron chi connectivity index (χ4n) is 8.45. The van der Waals surface area contributed by atoms with Crippen molar-refractivity contribution in [3.05, 3.63) is 113 Å². The Balaban J connectivity index is 0.000000342. The lowest BCUT2D eigenvalue weighted by molar-refractivity contribution is -0.197. The number of imidazole rings is 2. The second-order valence-corrected chi connectivity index (χ2v) is 20.4. The number of amides is 5. The predicted octanol–water partition coefficient (Wildman–Crippen LogP) is 2.47. The molecule has 96 heavy (non-hydrogen) atoms. The normalized spacial score (nSPS) is 12.2. The summed E-state index contributed by atoms with van der Waals surface area (Å²) < 4.78 is 39.1. The van der Waals surface area contributed by atoms with Crippen molar-refractivity contribution in [3.8, 4) is 12.0 Å². The van der Waals surface area contributed by atoms with E-state index in [1.54, 1.807) is 48.5 Å². The van der Waals surface area contributed by atoms with Gasteiger partial charge in [-0.15, -0.1) is 5.06 Å². The van der Waals surface area contributed by atoms with Crippen LogP contribution in [0.2, 0.25) is 0 Å². The number of azide groups is 2. The molecule has 2 aromatic carbocycles. The minimum absolute atomic E-state index is 0.00187. The van der Waals surface area contributed by atoms with Crippen LogP contribution in [0.3, 0.4) is 0 Å². The molecule has 0 bridgehead atoms. The molecule has 7 rings (SSSR count). The first-order chi connectivity index (χ1) is 46.5. The number of hydrogen-bond acceptors (Lipinski definition) is 24. The lowest BCUT2D eigenvalue weighted by atomic mass is 10.1. The number of nitrogens with two attached hydrogens (primary N) is 3. The van der Waals surface area contributed by atoms with E-state index in [4.69, 9.17) is 58.5 Å². The summed E-state index contributed by atoms with van der Waals surface area (Å²) in [4.78, 5) is 150. The van der Waals surface area contributed by atoms with Gasteiger partial charge in [-0.05, 0) is 59.0 Å². The summed E-state index contributed by atoms with van der Waals surface area (Å²) in [6.07, 6.45) is 2.20. The highest BCUT2D eigenvalue weighted by molar-refractivity contribution is 6.01. The largest absolute Gasteiger partial charge is 0.480 e. The van der Waals surface area contributed by atoms with Crippen molar-refractivity contribution in [2.45, 2.75) is 115 Å². The smallest absolute Gasteiger partial charge is 0.333 e. The van der Waals surface area contributed by atoms with Crippen LogP contribution in [0, 0.1) is 0 Å². The van der Waals surface area contributed by atoms with Crippen LogP contribution in [0.1, 0.15) is 101 Å². The van der Waals surface area contributed by atoms with Crippen molar-refractivity contribution >= 4 is 81.4 Å². The number of hydroxylamine groups is 2. The van der Waals surface area contributed by atoms with E-state index in [1.165, 1.54) is 23.4 Å². The van der Waals surface area contributed by atoms with Crippen LogP contribution < -0.4 is 54.0 Å². The number of unbranched alkanes of at least 4 members (excludes halogenated alkanes) is 2. The van der Waals surface area contributed by atoms with Gasteiger partial charge in [-0.3, -0.25) is 42.3 Å². The lowest BCUT2D eigenvalue weighted by Gasteiger charge is -2.14. The van der Waals surface area contributed by atoms with Crippen LogP contribution in [0.15, 0.2) is 68.3 Å². The van der Waals surface area contributed by atoms with E-state index in [2.05, 4.69) is 65.9 Å². The molecule has 39 heteroatoms. The van der Waals surface area contributed by atoms with E-state index < -0.39 is 72.2 Å². The number of nitrogen functional groups attached to an aromatic ring is 2. The number of aromatic nitrogens is 8. The highest BCUT2D eigenvalue weighted by Crippen LogP contribution is 2.21. The molecule has 518 valence electrons. The summed E-state index contributed by atoms with van der Waals surface area (Å²) in [5.41, 5.74) is 36.9. The van der Waals surface area contributed by atoms with Gasteiger partial charge in [-0.2, -0.15) is 19.9 Å². The molecule has 0 spiro atoms. The van der Waals surface area contributed by atoms with Gasteiger partial charge in [0.05, 0.1) is 41.2 Å². The summed E-state index contributed by atoms with van der Waals surface area (Å²) in [5, 5.41) is 32.7. The fraction of sp³-hybridized carbons (Fsp3) is 0.474. The number of hydrogen-bond donors (Lipinski definition) is 10. The summed E-state index contributed by atoms with van der Waals surface area (Å²) >= 11 is 0. The first-order valence-corrected chi connectivity index (χ1v) is 29.4. The van der Waals surface area contributed by atoms with Crippen molar-refractivity contribution in [1.82, 2.24) is 60.1 Å². The van der Waals surface area contributed by atoms with Crippen LogP contribution in [0.5, 0.6) is 12.0 Å². The van der Waals surface area contributed by atoms with Crippen molar-refractivity contribution in [2.24, 2.45) is 16.0 Å². The number of halogens is 1. The molecule has 38 nitrogen and oxygen atoms in total. The minimum Gasteiger partial charge on any atom is -0.480 e. The van der Waals surface area contributed by atoms with Crippen molar-refractivity contribution in [1.29, 1.82) is 0 Å². The predicted molar refractivity (Wildman–Crippen MR) is 338 cm³/mol. The monoisotopic (exact) mass is 1350 g/mol. The Morgan fingerprint density at radius 2 is 1.06 bits per heavy atom. The van der Waals surface area contributed by atoms with Gasteiger partial charge in [0.15, 0.2) is 22.9 Å². The zero-order valence-corrected chi connectivity index (χ0v) is 52.5. The topological polar surface area (TPSA) is 565 Å². The zero-order chi connectivity index (χ0) is 71.2. The number of ether oxygens (including phenoxy) is 4. The molecule has 2 atom stereocenters.